The highest BCUT2D eigenvalue weighted by Crippen LogP contribution is 2.42. The molecule has 2 rings (SSSR count). The van der Waals surface area contributed by atoms with Gasteiger partial charge in [-0.2, -0.15) is 0 Å². The summed E-state index contributed by atoms with van der Waals surface area (Å²) in [5.41, 5.74) is 1.90. The van der Waals surface area contributed by atoms with Crippen molar-refractivity contribution in [3.05, 3.63) is 29.8 Å². The Labute approximate surface area is 156 Å². The number of benzene rings is 1. The van der Waals surface area contributed by atoms with Gasteiger partial charge in [-0.25, -0.2) is 0 Å². The van der Waals surface area contributed by atoms with Crippen molar-refractivity contribution in [1.29, 1.82) is 0 Å². The number of phenols is 1. The van der Waals surface area contributed by atoms with E-state index in [0.29, 0.717) is 11.5 Å². The molecule has 7 heteroatoms. The van der Waals surface area contributed by atoms with E-state index in [0.717, 1.165) is 43.7 Å². The fourth-order valence-corrected chi connectivity index (χ4v) is 2.95. The standard InChI is InChI=1S/C17H26N2O3.2ClH/c1-12(2)9-14(19-7-5-18-6-8-19)17-15(20)10-13(21-3)11-16(17)22-4;;/h10-11,14,18,20H,1,5-9H2,2-4H3;2*1H/t14-;;/m1../s1. The number of hydrogen-bond donors (Lipinski definition) is 2. The van der Waals surface area contributed by atoms with E-state index in [4.69, 9.17) is 9.47 Å². The molecule has 0 spiro atoms. The summed E-state index contributed by atoms with van der Waals surface area (Å²) in [7, 11) is 3.20. The number of aromatic hydroxyl groups is 1. The maximum absolute atomic E-state index is 10.5. The van der Waals surface area contributed by atoms with Gasteiger partial charge in [0.1, 0.15) is 17.2 Å². The first-order chi connectivity index (χ1) is 10.6. The molecule has 0 bridgehead atoms. The summed E-state index contributed by atoms with van der Waals surface area (Å²) < 4.78 is 10.7. The number of halogens is 2. The largest absolute Gasteiger partial charge is 0.507 e. The second-order valence-electron chi connectivity index (χ2n) is 5.73. The van der Waals surface area contributed by atoms with E-state index in [2.05, 4.69) is 16.8 Å². The monoisotopic (exact) mass is 378 g/mol. The van der Waals surface area contributed by atoms with Crippen LogP contribution in [0, 0.1) is 0 Å². The lowest BCUT2D eigenvalue weighted by Gasteiger charge is -2.36. The van der Waals surface area contributed by atoms with E-state index in [9.17, 15) is 5.11 Å². The zero-order chi connectivity index (χ0) is 16.1. The Morgan fingerprint density at radius 1 is 1.25 bits per heavy atom. The molecule has 1 aromatic rings. The van der Waals surface area contributed by atoms with Gasteiger partial charge in [0, 0.05) is 44.4 Å². The van der Waals surface area contributed by atoms with Crippen LogP contribution in [-0.2, 0) is 0 Å². The van der Waals surface area contributed by atoms with E-state index in [1.54, 1.807) is 20.3 Å². The number of piperazine rings is 1. The van der Waals surface area contributed by atoms with Crippen molar-refractivity contribution in [1.82, 2.24) is 10.2 Å². The highest BCUT2D eigenvalue weighted by atomic mass is 35.5. The molecule has 0 radical (unpaired) electrons. The van der Waals surface area contributed by atoms with Crippen LogP contribution in [0.3, 0.4) is 0 Å². The van der Waals surface area contributed by atoms with Crippen LogP contribution < -0.4 is 14.8 Å². The Morgan fingerprint density at radius 2 is 1.88 bits per heavy atom. The molecule has 2 N–H and O–H groups in total. The van der Waals surface area contributed by atoms with Crippen LogP contribution in [0.4, 0.5) is 0 Å². The number of ether oxygens (including phenoxy) is 2. The Balaban J connectivity index is 0.00000264. The first-order valence-corrected chi connectivity index (χ1v) is 7.60. The number of methoxy groups -OCH3 is 2. The third kappa shape index (κ3) is 5.45. The first-order valence-electron chi connectivity index (χ1n) is 7.60. The summed E-state index contributed by atoms with van der Waals surface area (Å²) in [6.45, 7) is 9.84. The minimum absolute atomic E-state index is 0. The van der Waals surface area contributed by atoms with Crippen molar-refractivity contribution < 1.29 is 14.6 Å². The van der Waals surface area contributed by atoms with Crippen molar-refractivity contribution in [2.45, 2.75) is 19.4 Å². The smallest absolute Gasteiger partial charge is 0.131 e. The molecule has 1 saturated heterocycles. The van der Waals surface area contributed by atoms with Gasteiger partial charge in [-0.1, -0.05) is 5.57 Å². The summed E-state index contributed by atoms with van der Waals surface area (Å²) in [4.78, 5) is 2.37. The molecule has 1 atom stereocenters. The van der Waals surface area contributed by atoms with Crippen molar-refractivity contribution in [3.63, 3.8) is 0 Å². The lowest BCUT2D eigenvalue weighted by Crippen LogP contribution is -2.45. The summed E-state index contributed by atoms with van der Waals surface area (Å²) in [6, 6.07) is 3.52. The van der Waals surface area contributed by atoms with Crippen molar-refractivity contribution in [3.8, 4) is 17.2 Å². The first kappa shape index (κ1) is 22.9. The van der Waals surface area contributed by atoms with Gasteiger partial charge in [0.05, 0.1) is 19.8 Å². The molecule has 0 aromatic heterocycles. The van der Waals surface area contributed by atoms with Crippen LogP contribution in [0.5, 0.6) is 17.2 Å². The van der Waals surface area contributed by atoms with Crippen LogP contribution in [0.1, 0.15) is 24.9 Å². The molecule has 1 fully saturated rings. The van der Waals surface area contributed by atoms with Crippen LogP contribution >= 0.6 is 24.8 Å². The molecule has 0 amide bonds. The van der Waals surface area contributed by atoms with Crippen molar-refractivity contribution >= 4 is 24.8 Å². The minimum Gasteiger partial charge on any atom is -0.507 e. The topological polar surface area (TPSA) is 54.0 Å². The number of hydrogen-bond acceptors (Lipinski definition) is 5. The zero-order valence-corrected chi connectivity index (χ0v) is 16.1. The SMILES string of the molecule is C=C(C)C[C@H](c1c(O)cc(OC)cc1OC)N1CCNCC1.Cl.Cl. The van der Waals surface area contributed by atoms with Crippen molar-refractivity contribution in [2.24, 2.45) is 0 Å². The molecule has 1 aliphatic rings. The lowest BCUT2D eigenvalue weighted by atomic mass is 9.96. The Hall–Kier alpha value is -1.14. The average molecular weight is 379 g/mol. The average Bonchev–Trinajstić information content (AvgIpc) is 2.52. The quantitative estimate of drug-likeness (QED) is 0.744. The van der Waals surface area contributed by atoms with Gasteiger partial charge in [0.25, 0.3) is 0 Å². The molecule has 24 heavy (non-hydrogen) atoms. The number of nitrogens with zero attached hydrogens (tertiary/aromatic N) is 1. The lowest BCUT2D eigenvalue weighted by molar-refractivity contribution is 0.166. The van der Waals surface area contributed by atoms with Gasteiger partial charge in [0.15, 0.2) is 0 Å². The fraction of sp³-hybridized carbons (Fsp3) is 0.529. The van der Waals surface area contributed by atoms with Crippen molar-refractivity contribution in [2.75, 3.05) is 40.4 Å². The molecule has 0 unspecified atom stereocenters. The molecule has 1 aliphatic heterocycles. The molecule has 0 aliphatic carbocycles. The van der Waals surface area contributed by atoms with E-state index in [1.807, 2.05) is 13.0 Å². The molecular formula is C17H28Cl2N2O3. The Bertz CT molecular complexity index is 535. The van der Waals surface area contributed by atoms with Crippen LogP contribution in [-0.4, -0.2) is 50.4 Å². The van der Waals surface area contributed by atoms with Crippen LogP contribution in [0.15, 0.2) is 24.3 Å². The van der Waals surface area contributed by atoms with Crippen LogP contribution in [0.25, 0.3) is 0 Å². The minimum atomic E-state index is 0. The van der Waals surface area contributed by atoms with Gasteiger partial charge in [-0.3, -0.25) is 4.90 Å². The van der Waals surface area contributed by atoms with E-state index < -0.39 is 0 Å². The predicted octanol–water partition coefficient (Wildman–Crippen LogP) is 3.17. The van der Waals surface area contributed by atoms with E-state index >= 15 is 0 Å². The summed E-state index contributed by atoms with van der Waals surface area (Å²) in [5, 5.41) is 13.9. The van der Waals surface area contributed by atoms with Gasteiger partial charge in [-0.15, -0.1) is 31.4 Å². The van der Waals surface area contributed by atoms with Gasteiger partial charge >= 0.3 is 0 Å². The van der Waals surface area contributed by atoms with Gasteiger partial charge < -0.3 is 19.9 Å². The second-order valence-corrected chi connectivity index (χ2v) is 5.73. The molecule has 5 nitrogen and oxygen atoms in total. The molecule has 0 saturated carbocycles. The fourth-order valence-electron chi connectivity index (χ4n) is 2.95. The maximum atomic E-state index is 10.5. The third-order valence-electron chi connectivity index (χ3n) is 4.02. The predicted molar refractivity (Wildman–Crippen MR) is 102 cm³/mol. The van der Waals surface area contributed by atoms with Gasteiger partial charge in [0.2, 0.25) is 0 Å². The van der Waals surface area contributed by atoms with E-state index in [1.165, 1.54) is 0 Å². The normalized spacial score (nSPS) is 15.6. The zero-order valence-electron chi connectivity index (χ0n) is 14.5. The Morgan fingerprint density at radius 3 is 2.38 bits per heavy atom. The van der Waals surface area contributed by atoms with Gasteiger partial charge in [-0.05, 0) is 13.3 Å². The Kier molecular flexibility index (Phi) is 10.2. The highest BCUT2D eigenvalue weighted by molar-refractivity contribution is 5.85. The highest BCUT2D eigenvalue weighted by Gasteiger charge is 2.28. The second kappa shape index (κ2) is 10.7. The summed E-state index contributed by atoms with van der Waals surface area (Å²) in [5.74, 6) is 1.45. The van der Waals surface area contributed by atoms with E-state index in [-0.39, 0.29) is 36.6 Å². The molecular weight excluding hydrogens is 351 g/mol. The number of phenolic OH excluding ortho intramolecular Hbond substituents is 1. The maximum Gasteiger partial charge on any atom is 0.131 e. The molecule has 1 heterocycles. The third-order valence-corrected chi connectivity index (χ3v) is 4.02. The number of rotatable bonds is 6. The number of nitrogens with one attached hydrogen (secondary N) is 1. The summed E-state index contributed by atoms with van der Waals surface area (Å²) in [6.07, 6.45) is 0.788. The summed E-state index contributed by atoms with van der Waals surface area (Å²) >= 11 is 0. The molecule has 138 valence electrons. The molecule has 1 aromatic carbocycles. The van der Waals surface area contributed by atoms with Crippen LogP contribution in [0.2, 0.25) is 0 Å².